The maximum Gasteiger partial charge on any atom is 0.121 e. The summed E-state index contributed by atoms with van der Waals surface area (Å²) in [7, 11) is 0. The van der Waals surface area contributed by atoms with Gasteiger partial charge in [0.1, 0.15) is 11.2 Å². The second kappa shape index (κ2) is 7.22. The molecular weight excluding hydrogens is 539 g/mol. The molecule has 2 aliphatic heterocycles. The van der Waals surface area contributed by atoms with Crippen LogP contribution in [0.3, 0.4) is 0 Å². The Bertz CT molecular complexity index is 462. The van der Waals surface area contributed by atoms with Crippen LogP contribution in [0.4, 0.5) is 0 Å². The summed E-state index contributed by atoms with van der Waals surface area (Å²) in [6.07, 6.45) is 2.93. The predicted molar refractivity (Wildman–Crippen MR) is 87.5 cm³/mol. The molecule has 0 spiro atoms. The van der Waals surface area contributed by atoms with Gasteiger partial charge in [-0.3, -0.25) is 0 Å². The first-order valence-electron chi connectivity index (χ1n) is 9.20. The molecule has 2 saturated heterocycles. The normalized spacial score (nSPS) is 55.7. The third-order valence-electron chi connectivity index (χ3n) is 7.03. The van der Waals surface area contributed by atoms with Crippen LogP contribution in [0.5, 0.6) is 0 Å². The number of hydrogen-bond donors (Lipinski definition) is 4. The zero-order valence-corrected chi connectivity index (χ0v) is 20.5. The summed E-state index contributed by atoms with van der Waals surface area (Å²) in [6, 6.07) is 0. The van der Waals surface area contributed by atoms with Crippen molar-refractivity contribution in [2.45, 2.75) is 113 Å². The van der Waals surface area contributed by atoms with Crippen molar-refractivity contribution < 1.29 is 74.0 Å². The zero-order chi connectivity index (χ0) is 18.0. The Hall–Kier alpha value is 1.20. The summed E-state index contributed by atoms with van der Waals surface area (Å²) >= 11 is 0. The van der Waals surface area contributed by atoms with Crippen molar-refractivity contribution in [3.63, 3.8) is 0 Å². The van der Waals surface area contributed by atoms with Gasteiger partial charge in [-0.1, -0.05) is 13.8 Å². The number of hydrogen-bond acceptors (Lipinski definition) is 6. The molecule has 7 heteroatoms. The molecule has 2 aliphatic carbocycles. The number of epoxide rings is 2. The molecule has 8 atom stereocenters. The average Bonchev–Trinajstić information content (AvgIpc) is 3.36. The fourth-order valence-electron chi connectivity index (χ4n) is 4.72. The molecule has 0 aromatic carbocycles. The summed E-state index contributed by atoms with van der Waals surface area (Å²) in [4.78, 5) is 0. The summed E-state index contributed by atoms with van der Waals surface area (Å²) in [6.45, 7) is 7.74. The molecule has 0 amide bonds. The van der Waals surface area contributed by atoms with Crippen LogP contribution in [-0.4, -0.2) is 67.2 Å². The van der Waals surface area contributed by atoms with Crippen LogP contribution < -0.4 is 0 Å². The number of aliphatic hydroxyl groups is 4. The van der Waals surface area contributed by atoms with Crippen LogP contribution in [0, 0.1) is 44.1 Å². The Morgan fingerprint density at radius 3 is 1.40 bits per heavy atom. The van der Waals surface area contributed by atoms with Gasteiger partial charge in [-0.25, -0.2) is 0 Å². The van der Waals surface area contributed by atoms with Gasteiger partial charge in [-0.2, -0.15) is 0 Å². The molecule has 2 unspecified atom stereocenters. The van der Waals surface area contributed by atoms with Crippen LogP contribution in [0.15, 0.2) is 0 Å². The standard InChI is InChI=1S/2C9H16O3.Ac/c2*1-3-9(11)5-6(10)4-7-8(9,2)12-7;/h2*6-7,10-11H,3-5H2,1-2H3;/t6?,7?,8-,9+;6-,7+,8+,9-;/m10./s1. The van der Waals surface area contributed by atoms with Gasteiger partial charge in [0.2, 0.25) is 0 Å². The molecule has 0 bridgehead atoms. The molecular formula is C18H32AcO6. The second-order valence-corrected chi connectivity index (χ2v) is 8.38. The van der Waals surface area contributed by atoms with E-state index in [0.29, 0.717) is 38.5 Å². The van der Waals surface area contributed by atoms with E-state index in [2.05, 4.69) is 0 Å². The number of fused-ring (bicyclic) bond motifs is 2. The minimum Gasteiger partial charge on any atom is -0.393 e. The molecule has 4 rings (SSSR count). The first-order chi connectivity index (χ1) is 11.0. The molecule has 143 valence electrons. The van der Waals surface area contributed by atoms with Gasteiger partial charge in [0.15, 0.2) is 0 Å². The Morgan fingerprint density at radius 2 is 1.12 bits per heavy atom. The van der Waals surface area contributed by atoms with E-state index in [1.807, 2.05) is 27.7 Å². The Kier molecular flexibility index (Phi) is 6.50. The monoisotopic (exact) mass is 571 g/mol. The first kappa shape index (κ1) is 22.5. The molecule has 4 fully saturated rings. The molecule has 0 aromatic rings. The van der Waals surface area contributed by atoms with E-state index in [9.17, 15) is 20.4 Å². The van der Waals surface area contributed by atoms with Crippen LogP contribution >= 0.6 is 0 Å². The van der Waals surface area contributed by atoms with Gasteiger partial charge >= 0.3 is 0 Å². The zero-order valence-electron chi connectivity index (χ0n) is 15.7. The van der Waals surface area contributed by atoms with E-state index >= 15 is 0 Å². The van der Waals surface area contributed by atoms with E-state index in [-0.39, 0.29) is 67.5 Å². The largest absolute Gasteiger partial charge is 0.393 e. The van der Waals surface area contributed by atoms with Gasteiger partial charge < -0.3 is 29.9 Å². The smallest absolute Gasteiger partial charge is 0.121 e. The van der Waals surface area contributed by atoms with Crippen molar-refractivity contribution in [1.82, 2.24) is 0 Å². The van der Waals surface area contributed by atoms with Crippen molar-refractivity contribution in [3.8, 4) is 0 Å². The van der Waals surface area contributed by atoms with E-state index < -0.39 is 23.4 Å². The van der Waals surface area contributed by atoms with Gasteiger partial charge in [0.25, 0.3) is 0 Å². The third kappa shape index (κ3) is 3.62. The van der Waals surface area contributed by atoms with E-state index in [1.54, 1.807) is 0 Å². The van der Waals surface area contributed by atoms with Gasteiger partial charge in [-0.15, -0.1) is 0 Å². The quantitative estimate of drug-likeness (QED) is 0.367. The van der Waals surface area contributed by atoms with Gasteiger partial charge in [-0.05, 0) is 26.7 Å². The molecule has 2 saturated carbocycles. The second-order valence-electron chi connectivity index (χ2n) is 8.38. The van der Waals surface area contributed by atoms with E-state index in [4.69, 9.17) is 9.47 Å². The Labute approximate surface area is 185 Å². The summed E-state index contributed by atoms with van der Waals surface area (Å²) < 4.78 is 10.9. The number of rotatable bonds is 2. The fraction of sp³-hybridized carbons (Fsp3) is 1.00. The molecule has 1 radical (unpaired) electrons. The molecule has 2 heterocycles. The summed E-state index contributed by atoms with van der Waals surface area (Å²) in [5.41, 5.74) is -2.37. The topological polar surface area (TPSA) is 106 Å². The molecule has 6 nitrogen and oxygen atoms in total. The van der Waals surface area contributed by atoms with Crippen molar-refractivity contribution >= 4 is 0 Å². The van der Waals surface area contributed by atoms with Gasteiger partial charge in [0, 0.05) is 69.7 Å². The summed E-state index contributed by atoms with van der Waals surface area (Å²) in [5, 5.41) is 39.2. The third-order valence-corrected chi connectivity index (χ3v) is 7.03. The van der Waals surface area contributed by atoms with Crippen LogP contribution in [-0.2, 0) is 9.47 Å². The maximum atomic E-state index is 10.1. The van der Waals surface area contributed by atoms with Crippen LogP contribution in [0.25, 0.3) is 0 Å². The van der Waals surface area contributed by atoms with Crippen molar-refractivity contribution in [1.29, 1.82) is 0 Å². The van der Waals surface area contributed by atoms with Gasteiger partial charge in [0.05, 0.1) is 35.6 Å². The first-order valence-corrected chi connectivity index (χ1v) is 9.20. The Balaban J connectivity index is 0.000000173. The minimum atomic E-state index is -0.810. The van der Waals surface area contributed by atoms with E-state index in [1.165, 1.54) is 0 Å². The fourth-order valence-corrected chi connectivity index (χ4v) is 4.72. The number of aliphatic hydroxyl groups excluding tert-OH is 2. The van der Waals surface area contributed by atoms with Crippen molar-refractivity contribution in [3.05, 3.63) is 0 Å². The van der Waals surface area contributed by atoms with Crippen molar-refractivity contribution in [2.75, 3.05) is 0 Å². The molecule has 25 heavy (non-hydrogen) atoms. The summed E-state index contributed by atoms with van der Waals surface area (Å²) in [5.74, 6) is 0. The van der Waals surface area contributed by atoms with E-state index in [0.717, 1.165) is 0 Å². The van der Waals surface area contributed by atoms with Crippen molar-refractivity contribution in [2.24, 2.45) is 0 Å². The number of ether oxygens (including phenoxy) is 2. The molecule has 4 N–H and O–H groups in total. The average molecular weight is 571 g/mol. The maximum absolute atomic E-state index is 10.1. The minimum absolute atomic E-state index is 0. The predicted octanol–water partition coefficient (Wildman–Crippen LogP) is 0.879. The SMILES string of the molecule is CC[C@]1(O)CC(O)CC2O[C@]21C.CC[C@]1(O)C[C@@H](O)C[C@H]2O[C@]21C.[Ac]. The molecule has 4 aliphatic rings. The van der Waals surface area contributed by atoms with Crippen LogP contribution in [0.2, 0.25) is 0 Å². The Morgan fingerprint density at radius 1 is 0.800 bits per heavy atom. The molecule has 0 aromatic heterocycles. The van der Waals surface area contributed by atoms with Crippen LogP contribution in [0.1, 0.15) is 66.2 Å².